The predicted molar refractivity (Wildman–Crippen MR) is 69.0 cm³/mol. The number of ketones is 2. The topological polar surface area (TPSA) is 54.4 Å². The van der Waals surface area contributed by atoms with Gasteiger partial charge in [-0.05, 0) is 50.9 Å². The van der Waals surface area contributed by atoms with Crippen molar-refractivity contribution in [3.63, 3.8) is 0 Å². The summed E-state index contributed by atoms with van der Waals surface area (Å²) < 4.78 is 0. The van der Waals surface area contributed by atoms with E-state index in [-0.39, 0.29) is 22.9 Å². The first kappa shape index (κ1) is 13.7. The maximum absolute atomic E-state index is 12.1. The number of aliphatic hydroxyl groups is 1. The van der Waals surface area contributed by atoms with Gasteiger partial charge in [-0.25, -0.2) is 0 Å². The Morgan fingerprint density at radius 2 is 2.11 bits per heavy atom. The average Bonchev–Trinajstić information content (AvgIpc) is 2.75. The summed E-state index contributed by atoms with van der Waals surface area (Å²) in [5.74, 6) is 1.22. The van der Waals surface area contributed by atoms with Crippen molar-refractivity contribution in [2.45, 2.75) is 59.0 Å². The first-order valence-corrected chi connectivity index (χ1v) is 6.91. The first-order chi connectivity index (χ1) is 8.16. The van der Waals surface area contributed by atoms with Gasteiger partial charge in [0.2, 0.25) is 0 Å². The molecule has 0 bridgehead atoms. The molecule has 0 aromatic rings. The predicted octanol–water partition coefficient (Wildman–Crippen LogP) is 2.36. The number of hydrogen-bond acceptors (Lipinski definition) is 3. The maximum Gasteiger partial charge on any atom is 0.139 e. The lowest BCUT2D eigenvalue weighted by Gasteiger charge is -2.33. The fraction of sp³-hybridized carbons (Fsp3) is 0.867. The number of carbonyl (C=O) groups is 2. The standard InChI is InChI=1S/C15H24O3/c1-9(16)5-6-10-11-7-12(14(2,3)18)13(17)8-15(10,11)4/h10-12,18H,5-8H2,1-4H3/t10-,11-,12+,15+/m1/s1. The fourth-order valence-electron chi connectivity index (χ4n) is 3.92. The lowest BCUT2D eigenvalue weighted by atomic mass is 9.74. The third-order valence-corrected chi connectivity index (χ3v) is 5.16. The van der Waals surface area contributed by atoms with Crippen molar-refractivity contribution in [2.75, 3.05) is 0 Å². The van der Waals surface area contributed by atoms with Gasteiger partial charge in [0.15, 0.2) is 0 Å². The first-order valence-electron chi connectivity index (χ1n) is 6.91. The summed E-state index contributed by atoms with van der Waals surface area (Å²) in [5, 5.41) is 10.1. The average molecular weight is 252 g/mol. The van der Waals surface area contributed by atoms with Crippen LogP contribution >= 0.6 is 0 Å². The minimum atomic E-state index is -0.911. The Labute approximate surface area is 109 Å². The van der Waals surface area contributed by atoms with Crippen LogP contribution < -0.4 is 0 Å². The molecule has 3 heteroatoms. The molecule has 0 saturated heterocycles. The van der Waals surface area contributed by atoms with Crippen LogP contribution in [0.3, 0.4) is 0 Å². The van der Waals surface area contributed by atoms with Gasteiger partial charge in [-0.15, -0.1) is 0 Å². The molecule has 2 aliphatic rings. The normalized spacial score (nSPS) is 39.4. The molecule has 18 heavy (non-hydrogen) atoms. The van der Waals surface area contributed by atoms with Crippen molar-refractivity contribution in [3.8, 4) is 0 Å². The minimum Gasteiger partial charge on any atom is -0.390 e. The highest BCUT2D eigenvalue weighted by Gasteiger charge is 2.65. The Morgan fingerprint density at radius 3 is 2.61 bits per heavy atom. The third kappa shape index (κ3) is 2.25. The Morgan fingerprint density at radius 1 is 1.50 bits per heavy atom. The Bertz CT molecular complexity index is 380. The zero-order valence-electron chi connectivity index (χ0n) is 11.8. The monoisotopic (exact) mass is 252 g/mol. The molecule has 0 aromatic carbocycles. The zero-order chi connectivity index (χ0) is 13.7. The van der Waals surface area contributed by atoms with E-state index in [0.29, 0.717) is 24.7 Å². The molecule has 0 radical (unpaired) electrons. The molecule has 0 aliphatic heterocycles. The molecule has 0 amide bonds. The van der Waals surface area contributed by atoms with Crippen molar-refractivity contribution in [2.24, 2.45) is 23.2 Å². The molecule has 2 rings (SSSR count). The van der Waals surface area contributed by atoms with E-state index < -0.39 is 5.60 Å². The number of fused-ring (bicyclic) bond motifs is 1. The van der Waals surface area contributed by atoms with Crippen LogP contribution in [0.1, 0.15) is 53.4 Å². The van der Waals surface area contributed by atoms with Gasteiger partial charge in [-0.1, -0.05) is 6.92 Å². The van der Waals surface area contributed by atoms with Crippen LogP contribution in [0.4, 0.5) is 0 Å². The molecule has 0 aromatic heterocycles. The second-order valence-corrected chi connectivity index (χ2v) is 7.04. The molecular formula is C15H24O3. The van der Waals surface area contributed by atoms with E-state index in [1.807, 2.05) is 0 Å². The largest absolute Gasteiger partial charge is 0.390 e. The fourth-order valence-corrected chi connectivity index (χ4v) is 3.92. The van der Waals surface area contributed by atoms with Gasteiger partial charge in [0.25, 0.3) is 0 Å². The highest BCUT2D eigenvalue weighted by molar-refractivity contribution is 5.84. The summed E-state index contributed by atoms with van der Waals surface area (Å²) in [6.07, 6.45) is 2.90. The van der Waals surface area contributed by atoms with Crippen molar-refractivity contribution >= 4 is 11.6 Å². The van der Waals surface area contributed by atoms with Crippen LogP contribution in [0.15, 0.2) is 0 Å². The SMILES string of the molecule is CC(=O)CC[C@@H]1[C@H]2C[C@H](C(C)(C)O)C(=O)C[C@@]12C. The van der Waals surface area contributed by atoms with Gasteiger partial charge in [0.1, 0.15) is 11.6 Å². The van der Waals surface area contributed by atoms with Gasteiger partial charge >= 0.3 is 0 Å². The minimum absolute atomic E-state index is 0.105. The van der Waals surface area contributed by atoms with Crippen molar-refractivity contribution < 1.29 is 14.7 Å². The summed E-state index contributed by atoms with van der Waals surface area (Å²) in [5.41, 5.74) is -0.805. The summed E-state index contributed by atoms with van der Waals surface area (Å²) in [6, 6.07) is 0. The number of Topliss-reactive ketones (excluding diaryl/α,β-unsaturated/α-hetero) is 2. The molecular weight excluding hydrogens is 228 g/mol. The third-order valence-electron chi connectivity index (χ3n) is 5.16. The van der Waals surface area contributed by atoms with E-state index in [0.717, 1.165) is 12.8 Å². The van der Waals surface area contributed by atoms with Gasteiger partial charge in [0, 0.05) is 18.8 Å². The lowest BCUT2D eigenvalue weighted by Crippen LogP contribution is -2.40. The molecule has 0 spiro atoms. The number of hydrogen-bond donors (Lipinski definition) is 1. The molecule has 3 nitrogen and oxygen atoms in total. The van der Waals surface area contributed by atoms with E-state index in [1.54, 1.807) is 20.8 Å². The van der Waals surface area contributed by atoms with Crippen LogP contribution in [0.2, 0.25) is 0 Å². The van der Waals surface area contributed by atoms with Gasteiger partial charge in [0.05, 0.1) is 5.60 Å². The second-order valence-electron chi connectivity index (χ2n) is 7.04. The van der Waals surface area contributed by atoms with Crippen LogP contribution in [0.5, 0.6) is 0 Å². The van der Waals surface area contributed by atoms with E-state index in [4.69, 9.17) is 0 Å². The Hall–Kier alpha value is -0.700. The van der Waals surface area contributed by atoms with Crippen molar-refractivity contribution in [1.82, 2.24) is 0 Å². The van der Waals surface area contributed by atoms with Gasteiger partial charge < -0.3 is 9.90 Å². The van der Waals surface area contributed by atoms with Crippen LogP contribution in [-0.4, -0.2) is 22.3 Å². The highest BCUT2D eigenvalue weighted by atomic mass is 16.3. The molecule has 2 saturated carbocycles. The molecule has 4 atom stereocenters. The summed E-state index contributed by atoms with van der Waals surface area (Å²) in [7, 11) is 0. The van der Waals surface area contributed by atoms with Crippen LogP contribution in [-0.2, 0) is 9.59 Å². The highest BCUT2D eigenvalue weighted by Crippen LogP contribution is 2.68. The van der Waals surface area contributed by atoms with Crippen LogP contribution in [0, 0.1) is 23.2 Å². The summed E-state index contributed by atoms with van der Waals surface area (Å²) >= 11 is 0. The van der Waals surface area contributed by atoms with E-state index in [9.17, 15) is 14.7 Å². The zero-order valence-corrected chi connectivity index (χ0v) is 11.8. The molecule has 0 heterocycles. The van der Waals surface area contributed by atoms with Gasteiger partial charge in [-0.2, -0.15) is 0 Å². The molecule has 102 valence electrons. The Balaban J connectivity index is 2.03. The van der Waals surface area contributed by atoms with E-state index >= 15 is 0 Å². The van der Waals surface area contributed by atoms with Crippen LogP contribution in [0.25, 0.3) is 0 Å². The van der Waals surface area contributed by atoms with E-state index in [2.05, 4.69) is 6.92 Å². The summed E-state index contributed by atoms with van der Waals surface area (Å²) in [4.78, 5) is 23.2. The van der Waals surface area contributed by atoms with E-state index in [1.165, 1.54) is 0 Å². The number of carbonyl (C=O) groups excluding carboxylic acids is 2. The molecule has 1 N–H and O–H groups in total. The molecule has 2 fully saturated rings. The van der Waals surface area contributed by atoms with Crippen molar-refractivity contribution in [1.29, 1.82) is 0 Å². The lowest BCUT2D eigenvalue weighted by molar-refractivity contribution is -0.134. The second kappa shape index (κ2) is 4.16. The smallest absolute Gasteiger partial charge is 0.139 e. The molecule has 2 aliphatic carbocycles. The Kier molecular flexibility index (Phi) is 3.17. The summed E-state index contributed by atoms with van der Waals surface area (Å²) in [6.45, 7) is 7.25. The number of rotatable bonds is 4. The molecule has 0 unspecified atom stereocenters. The quantitative estimate of drug-likeness (QED) is 0.835. The van der Waals surface area contributed by atoms with Crippen molar-refractivity contribution in [3.05, 3.63) is 0 Å². The maximum atomic E-state index is 12.1. The van der Waals surface area contributed by atoms with Gasteiger partial charge in [-0.3, -0.25) is 4.79 Å².